The molecule has 1 unspecified atom stereocenters. The molecule has 8 heteroatoms. The zero-order valence-electron chi connectivity index (χ0n) is 14.7. The lowest BCUT2D eigenvalue weighted by Gasteiger charge is -2.32. The predicted octanol–water partition coefficient (Wildman–Crippen LogP) is 2.45. The van der Waals surface area contributed by atoms with Crippen molar-refractivity contribution in [2.75, 3.05) is 20.3 Å². The highest BCUT2D eigenvalue weighted by Crippen LogP contribution is 2.44. The Balaban J connectivity index is 2.09. The third-order valence-corrected chi connectivity index (χ3v) is 4.50. The smallest absolute Gasteiger partial charge is 0.340 e. The van der Waals surface area contributed by atoms with Crippen LogP contribution < -0.4 is 5.73 Å². The quantitative estimate of drug-likeness (QED) is 0.625. The number of Topliss-reactive ketones (excluding diaryl/α,β-unsaturated/α-hetero) is 1. The molecule has 3 rings (SSSR count). The zero-order chi connectivity index (χ0) is 19.6. The molecule has 1 aliphatic heterocycles. The molecule has 0 fully saturated rings. The van der Waals surface area contributed by atoms with Crippen molar-refractivity contribution < 1.29 is 32.6 Å². The first-order valence-corrected chi connectivity index (χ1v) is 8.48. The van der Waals surface area contributed by atoms with Crippen molar-refractivity contribution in [3.8, 4) is 0 Å². The van der Waals surface area contributed by atoms with Crippen LogP contribution in [0.3, 0.4) is 0 Å². The Hall–Kier alpha value is -2.74. The summed E-state index contributed by atoms with van der Waals surface area (Å²) in [5.41, 5.74) is 5.88. The number of ketones is 1. The van der Waals surface area contributed by atoms with Crippen LogP contribution in [0.4, 0.5) is 8.78 Å². The van der Waals surface area contributed by atoms with E-state index in [1.807, 2.05) is 0 Å². The van der Waals surface area contributed by atoms with Crippen molar-refractivity contribution >= 4 is 11.8 Å². The summed E-state index contributed by atoms with van der Waals surface area (Å²) in [5.74, 6) is -3.82. The van der Waals surface area contributed by atoms with Crippen molar-refractivity contribution in [3.05, 3.63) is 58.2 Å². The van der Waals surface area contributed by atoms with E-state index in [9.17, 15) is 18.4 Å². The summed E-state index contributed by atoms with van der Waals surface area (Å²) in [5, 5.41) is 0. The molecule has 1 heterocycles. The molecule has 0 bridgehead atoms. The molecule has 1 aromatic rings. The lowest BCUT2D eigenvalue weighted by molar-refractivity contribution is -0.140. The Morgan fingerprint density at radius 1 is 1.30 bits per heavy atom. The van der Waals surface area contributed by atoms with Crippen molar-refractivity contribution in [2.24, 2.45) is 5.73 Å². The van der Waals surface area contributed by atoms with Crippen molar-refractivity contribution in [1.82, 2.24) is 0 Å². The molecule has 0 spiro atoms. The van der Waals surface area contributed by atoms with Gasteiger partial charge in [-0.15, -0.1) is 0 Å². The summed E-state index contributed by atoms with van der Waals surface area (Å²) >= 11 is 0. The van der Waals surface area contributed by atoms with Gasteiger partial charge >= 0.3 is 5.97 Å². The predicted molar refractivity (Wildman–Crippen MR) is 90.1 cm³/mol. The van der Waals surface area contributed by atoms with Gasteiger partial charge in [0.1, 0.15) is 29.6 Å². The van der Waals surface area contributed by atoms with Crippen LogP contribution in [0.2, 0.25) is 0 Å². The van der Waals surface area contributed by atoms with Gasteiger partial charge in [0.2, 0.25) is 5.88 Å². The molecule has 1 aliphatic carbocycles. The van der Waals surface area contributed by atoms with Gasteiger partial charge in [-0.05, 0) is 12.5 Å². The molecule has 0 radical (unpaired) electrons. The number of allylic oxidation sites excluding steroid dienone is 2. The Morgan fingerprint density at radius 3 is 2.78 bits per heavy atom. The minimum atomic E-state index is -1.11. The minimum absolute atomic E-state index is 0.0379. The first kappa shape index (κ1) is 19.0. The summed E-state index contributed by atoms with van der Waals surface area (Å²) in [4.78, 5) is 25.2. The van der Waals surface area contributed by atoms with E-state index in [1.165, 1.54) is 13.2 Å². The number of halogens is 2. The minimum Gasteiger partial charge on any atom is -0.460 e. The number of rotatable bonds is 5. The van der Waals surface area contributed by atoms with Crippen LogP contribution in [0.1, 0.15) is 30.7 Å². The molecule has 27 heavy (non-hydrogen) atoms. The molecule has 2 N–H and O–H groups in total. The second-order valence-corrected chi connectivity index (χ2v) is 6.22. The number of nitrogens with two attached hydrogens (primary N) is 1. The number of methoxy groups -OCH3 is 1. The fraction of sp³-hybridized carbons (Fsp3) is 0.368. The van der Waals surface area contributed by atoms with Gasteiger partial charge in [-0.2, -0.15) is 0 Å². The van der Waals surface area contributed by atoms with Gasteiger partial charge in [0, 0.05) is 37.2 Å². The maximum absolute atomic E-state index is 14.5. The van der Waals surface area contributed by atoms with E-state index in [4.69, 9.17) is 19.9 Å². The van der Waals surface area contributed by atoms with E-state index in [0.29, 0.717) is 24.7 Å². The molecule has 1 atom stereocenters. The Kier molecular flexibility index (Phi) is 5.55. The highest BCUT2D eigenvalue weighted by Gasteiger charge is 2.42. The van der Waals surface area contributed by atoms with E-state index in [1.54, 1.807) is 0 Å². The van der Waals surface area contributed by atoms with E-state index in [-0.39, 0.29) is 48.0 Å². The van der Waals surface area contributed by atoms with Gasteiger partial charge in [0.05, 0.1) is 12.5 Å². The lowest BCUT2D eigenvalue weighted by atomic mass is 9.77. The Bertz CT molecular complexity index is 847. The number of ether oxygens (including phenoxy) is 3. The first-order chi connectivity index (χ1) is 12.9. The summed E-state index contributed by atoms with van der Waals surface area (Å²) in [6.07, 6.45) is 1.25. The fourth-order valence-electron chi connectivity index (χ4n) is 3.30. The molecule has 0 aromatic heterocycles. The zero-order valence-corrected chi connectivity index (χ0v) is 14.7. The van der Waals surface area contributed by atoms with Gasteiger partial charge in [0.25, 0.3) is 0 Å². The summed E-state index contributed by atoms with van der Waals surface area (Å²) in [6.45, 7) is 0.104. The molecule has 0 amide bonds. The van der Waals surface area contributed by atoms with E-state index in [0.717, 1.165) is 6.07 Å². The molecule has 1 aromatic carbocycles. The number of carbonyl (C=O) groups excluding carboxylic acids is 2. The normalized spacial score (nSPS) is 19.7. The third-order valence-electron chi connectivity index (χ3n) is 4.50. The van der Waals surface area contributed by atoms with Crippen molar-refractivity contribution in [3.63, 3.8) is 0 Å². The van der Waals surface area contributed by atoms with Crippen LogP contribution in [0, 0.1) is 11.6 Å². The standard InChI is InChI=1S/C19H19F2NO5/c1-25-7-8-26-19(24)17-15(11-6-5-10(20)9-12(11)21)16-13(23)3-2-4-14(16)27-18(17)22/h5-6,9,15H,2-4,7-8,22H2,1H3. The van der Waals surface area contributed by atoms with Crippen LogP contribution in [0.5, 0.6) is 0 Å². The maximum Gasteiger partial charge on any atom is 0.340 e. The second-order valence-electron chi connectivity index (χ2n) is 6.22. The van der Waals surface area contributed by atoms with E-state index >= 15 is 0 Å². The average Bonchev–Trinajstić information content (AvgIpc) is 2.61. The number of hydrogen-bond donors (Lipinski definition) is 1. The SMILES string of the molecule is COCCOC(=O)C1=C(N)OC2=C(C(=O)CCC2)C1c1ccc(F)cc1F. The molecule has 2 aliphatic rings. The van der Waals surface area contributed by atoms with Gasteiger partial charge < -0.3 is 19.9 Å². The molecule has 0 saturated carbocycles. The largest absolute Gasteiger partial charge is 0.460 e. The van der Waals surface area contributed by atoms with Crippen LogP contribution in [0.15, 0.2) is 41.0 Å². The molecule has 0 saturated heterocycles. The van der Waals surface area contributed by atoms with Crippen molar-refractivity contribution in [2.45, 2.75) is 25.2 Å². The van der Waals surface area contributed by atoms with Crippen molar-refractivity contribution in [1.29, 1.82) is 0 Å². The lowest BCUT2D eigenvalue weighted by Crippen LogP contribution is -2.32. The summed E-state index contributed by atoms with van der Waals surface area (Å²) in [6, 6.07) is 2.96. The highest BCUT2D eigenvalue weighted by molar-refractivity contribution is 6.03. The van der Waals surface area contributed by atoms with Crippen LogP contribution >= 0.6 is 0 Å². The molecule has 144 valence electrons. The van der Waals surface area contributed by atoms with Gasteiger partial charge in [0.15, 0.2) is 5.78 Å². The fourth-order valence-corrected chi connectivity index (χ4v) is 3.30. The maximum atomic E-state index is 14.5. The first-order valence-electron chi connectivity index (χ1n) is 8.48. The van der Waals surface area contributed by atoms with Gasteiger partial charge in [-0.25, -0.2) is 13.6 Å². The number of esters is 1. The number of carbonyl (C=O) groups is 2. The number of hydrogen-bond acceptors (Lipinski definition) is 6. The Morgan fingerprint density at radius 2 is 2.07 bits per heavy atom. The highest BCUT2D eigenvalue weighted by atomic mass is 19.1. The summed E-state index contributed by atoms with van der Waals surface area (Å²) < 4.78 is 43.4. The second kappa shape index (κ2) is 7.87. The average molecular weight is 379 g/mol. The monoisotopic (exact) mass is 379 g/mol. The summed E-state index contributed by atoms with van der Waals surface area (Å²) in [7, 11) is 1.44. The van der Waals surface area contributed by atoms with Crippen LogP contribution in [-0.4, -0.2) is 32.1 Å². The van der Waals surface area contributed by atoms with E-state index in [2.05, 4.69) is 0 Å². The van der Waals surface area contributed by atoms with Crippen LogP contribution in [0.25, 0.3) is 0 Å². The van der Waals surface area contributed by atoms with Crippen LogP contribution in [-0.2, 0) is 23.8 Å². The number of benzene rings is 1. The third kappa shape index (κ3) is 3.71. The molecular weight excluding hydrogens is 360 g/mol. The Labute approximate surface area is 154 Å². The topological polar surface area (TPSA) is 87.8 Å². The van der Waals surface area contributed by atoms with Gasteiger partial charge in [-0.3, -0.25) is 4.79 Å². The molecular formula is C19H19F2NO5. The van der Waals surface area contributed by atoms with Gasteiger partial charge in [-0.1, -0.05) is 6.07 Å². The van der Waals surface area contributed by atoms with E-state index < -0.39 is 23.5 Å². The molecule has 6 nitrogen and oxygen atoms in total.